The highest BCUT2D eigenvalue weighted by atomic mass is 16.3. The van der Waals surface area contributed by atoms with Crippen LogP contribution < -0.4 is 10.6 Å². The van der Waals surface area contributed by atoms with Crippen LogP contribution in [-0.4, -0.2) is 24.5 Å². The van der Waals surface area contributed by atoms with Gasteiger partial charge in [0.2, 0.25) is 0 Å². The number of hydrogen-bond acceptors (Lipinski definition) is 3. The fraction of sp³-hybridized carbons (Fsp3) is 0.500. The molecule has 4 heteroatoms. The maximum absolute atomic E-state index is 11.6. The second-order valence-corrected chi connectivity index (χ2v) is 3.59. The van der Waals surface area contributed by atoms with Gasteiger partial charge in [-0.3, -0.25) is 4.79 Å². The molecule has 1 aromatic rings. The molecular weight excluding hydrogens is 180 g/mol. The van der Waals surface area contributed by atoms with Gasteiger partial charge in [0.1, 0.15) is 0 Å². The Balaban J connectivity index is 1.95. The van der Waals surface area contributed by atoms with Gasteiger partial charge in [-0.15, -0.1) is 0 Å². The molecule has 1 aliphatic rings. The van der Waals surface area contributed by atoms with Gasteiger partial charge in [-0.2, -0.15) is 0 Å². The number of carbonyl (C=O) groups excluding carboxylic acids is 1. The smallest absolute Gasteiger partial charge is 0.287 e. The molecule has 76 valence electrons. The monoisotopic (exact) mass is 194 g/mol. The van der Waals surface area contributed by atoms with Gasteiger partial charge >= 0.3 is 0 Å². The van der Waals surface area contributed by atoms with Crippen LogP contribution in [0.2, 0.25) is 0 Å². The lowest BCUT2D eigenvalue weighted by atomic mass is 10.1. The first kappa shape index (κ1) is 9.27. The van der Waals surface area contributed by atoms with E-state index in [1.165, 1.54) is 6.26 Å². The fourth-order valence-corrected chi connectivity index (χ4v) is 1.70. The van der Waals surface area contributed by atoms with E-state index in [1.807, 2.05) is 0 Å². The summed E-state index contributed by atoms with van der Waals surface area (Å²) in [6, 6.07) is 3.94. The SMILES string of the molecule is CC1NCCC1NC(=O)c1ccco1. The average molecular weight is 194 g/mol. The number of rotatable bonds is 2. The van der Waals surface area contributed by atoms with Crippen molar-refractivity contribution in [1.29, 1.82) is 0 Å². The molecule has 2 rings (SSSR count). The van der Waals surface area contributed by atoms with Crippen molar-refractivity contribution in [3.05, 3.63) is 24.2 Å². The van der Waals surface area contributed by atoms with Gasteiger partial charge in [-0.25, -0.2) is 0 Å². The summed E-state index contributed by atoms with van der Waals surface area (Å²) in [5.41, 5.74) is 0. The van der Waals surface area contributed by atoms with Crippen LogP contribution in [0.3, 0.4) is 0 Å². The number of carbonyl (C=O) groups is 1. The van der Waals surface area contributed by atoms with Crippen LogP contribution in [0.25, 0.3) is 0 Å². The molecule has 1 amide bonds. The van der Waals surface area contributed by atoms with Crippen LogP contribution in [0, 0.1) is 0 Å². The molecule has 0 radical (unpaired) electrons. The van der Waals surface area contributed by atoms with E-state index < -0.39 is 0 Å². The Bertz CT molecular complexity index is 308. The molecule has 2 unspecified atom stereocenters. The molecule has 1 aromatic heterocycles. The van der Waals surface area contributed by atoms with Crippen LogP contribution in [-0.2, 0) is 0 Å². The molecular formula is C10H14N2O2. The van der Waals surface area contributed by atoms with E-state index in [9.17, 15) is 4.79 Å². The summed E-state index contributed by atoms with van der Waals surface area (Å²) in [4.78, 5) is 11.6. The van der Waals surface area contributed by atoms with Crippen LogP contribution in [0.4, 0.5) is 0 Å². The molecule has 2 N–H and O–H groups in total. The van der Waals surface area contributed by atoms with E-state index in [0.29, 0.717) is 11.8 Å². The summed E-state index contributed by atoms with van der Waals surface area (Å²) in [5, 5.41) is 6.21. The van der Waals surface area contributed by atoms with Gasteiger partial charge in [-0.05, 0) is 32.0 Å². The molecule has 0 spiro atoms. The summed E-state index contributed by atoms with van der Waals surface area (Å²) in [5.74, 6) is 0.250. The van der Waals surface area contributed by atoms with E-state index in [2.05, 4.69) is 17.6 Å². The Labute approximate surface area is 82.7 Å². The molecule has 2 heterocycles. The third-order valence-corrected chi connectivity index (χ3v) is 2.59. The van der Waals surface area contributed by atoms with Crippen molar-refractivity contribution in [1.82, 2.24) is 10.6 Å². The molecule has 1 saturated heterocycles. The Morgan fingerprint density at radius 3 is 3.14 bits per heavy atom. The number of amides is 1. The molecule has 1 aliphatic heterocycles. The first-order valence-electron chi connectivity index (χ1n) is 4.85. The van der Waals surface area contributed by atoms with Crippen LogP contribution >= 0.6 is 0 Å². The summed E-state index contributed by atoms with van der Waals surface area (Å²) in [7, 11) is 0. The lowest BCUT2D eigenvalue weighted by Crippen LogP contribution is -2.41. The third kappa shape index (κ3) is 1.80. The summed E-state index contributed by atoms with van der Waals surface area (Å²) >= 11 is 0. The predicted octanol–water partition coefficient (Wildman–Crippen LogP) is 0.760. The zero-order chi connectivity index (χ0) is 9.97. The van der Waals surface area contributed by atoms with Crippen LogP contribution in [0.15, 0.2) is 22.8 Å². The first-order chi connectivity index (χ1) is 6.77. The molecule has 4 nitrogen and oxygen atoms in total. The van der Waals surface area contributed by atoms with E-state index in [1.54, 1.807) is 12.1 Å². The molecule has 0 aromatic carbocycles. The van der Waals surface area contributed by atoms with Crippen molar-refractivity contribution >= 4 is 5.91 Å². The van der Waals surface area contributed by atoms with Crippen molar-refractivity contribution in [2.45, 2.75) is 25.4 Å². The lowest BCUT2D eigenvalue weighted by molar-refractivity contribution is 0.0906. The standard InChI is InChI=1S/C10H14N2O2/c1-7-8(4-5-11-7)12-10(13)9-3-2-6-14-9/h2-3,6-8,11H,4-5H2,1H3,(H,12,13). The maximum Gasteiger partial charge on any atom is 0.287 e. The Morgan fingerprint density at radius 2 is 2.57 bits per heavy atom. The van der Waals surface area contributed by atoms with Gasteiger partial charge in [0.25, 0.3) is 5.91 Å². The number of furan rings is 1. The van der Waals surface area contributed by atoms with E-state index in [-0.39, 0.29) is 11.9 Å². The molecule has 2 atom stereocenters. The quantitative estimate of drug-likeness (QED) is 0.730. The van der Waals surface area contributed by atoms with E-state index in [4.69, 9.17) is 4.42 Å². The summed E-state index contributed by atoms with van der Waals surface area (Å²) < 4.78 is 5.01. The summed E-state index contributed by atoms with van der Waals surface area (Å²) in [6.45, 7) is 3.03. The number of hydrogen-bond donors (Lipinski definition) is 2. The molecule has 14 heavy (non-hydrogen) atoms. The second-order valence-electron chi connectivity index (χ2n) is 3.59. The highest BCUT2D eigenvalue weighted by Crippen LogP contribution is 2.08. The van der Waals surface area contributed by atoms with Crippen molar-refractivity contribution in [3.63, 3.8) is 0 Å². The van der Waals surface area contributed by atoms with Gasteiger partial charge in [0.05, 0.1) is 6.26 Å². The number of nitrogens with one attached hydrogen (secondary N) is 2. The minimum atomic E-state index is -0.129. The average Bonchev–Trinajstić information content (AvgIpc) is 2.77. The molecule has 0 bridgehead atoms. The maximum atomic E-state index is 11.6. The predicted molar refractivity (Wildman–Crippen MR) is 52.0 cm³/mol. The van der Waals surface area contributed by atoms with Gasteiger partial charge in [-0.1, -0.05) is 0 Å². The van der Waals surface area contributed by atoms with Crippen molar-refractivity contribution < 1.29 is 9.21 Å². The Kier molecular flexibility index (Phi) is 2.54. The zero-order valence-corrected chi connectivity index (χ0v) is 8.12. The van der Waals surface area contributed by atoms with Crippen LogP contribution in [0.5, 0.6) is 0 Å². The minimum Gasteiger partial charge on any atom is -0.459 e. The third-order valence-electron chi connectivity index (χ3n) is 2.59. The van der Waals surface area contributed by atoms with Gasteiger partial charge in [0, 0.05) is 12.1 Å². The normalized spacial score (nSPS) is 26.4. The highest BCUT2D eigenvalue weighted by molar-refractivity contribution is 5.91. The van der Waals surface area contributed by atoms with Crippen molar-refractivity contribution in [2.24, 2.45) is 0 Å². The fourth-order valence-electron chi connectivity index (χ4n) is 1.70. The van der Waals surface area contributed by atoms with E-state index >= 15 is 0 Å². The Hall–Kier alpha value is -1.29. The van der Waals surface area contributed by atoms with Crippen molar-refractivity contribution in [2.75, 3.05) is 6.54 Å². The molecule has 0 aliphatic carbocycles. The molecule has 1 fully saturated rings. The first-order valence-corrected chi connectivity index (χ1v) is 4.85. The largest absolute Gasteiger partial charge is 0.459 e. The summed E-state index contributed by atoms with van der Waals surface area (Å²) in [6.07, 6.45) is 2.48. The Morgan fingerprint density at radius 1 is 1.71 bits per heavy atom. The minimum absolute atomic E-state index is 0.129. The zero-order valence-electron chi connectivity index (χ0n) is 8.12. The molecule has 0 saturated carbocycles. The highest BCUT2D eigenvalue weighted by Gasteiger charge is 2.25. The topological polar surface area (TPSA) is 54.3 Å². The van der Waals surface area contributed by atoms with E-state index in [0.717, 1.165) is 13.0 Å². The van der Waals surface area contributed by atoms with Gasteiger partial charge < -0.3 is 15.1 Å². The van der Waals surface area contributed by atoms with Gasteiger partial charge in [0.15, 0.2) is 5.76 Å². The van der Waals surface area contributed by atoms with Crippen molar-refractivity contribution in [3.8, 4) is 0 Å². The second kappa shape index (κ2) is 3.84. The van der Waals surface area contributed by atoms with Crippen LogP contribution in [0.1, 0.15) is 23.9 Å². The lowest BCUT2D eigenvalue weighted by Gasteiger charge is -2.15.